The Labute approximate surface area is 120 Å². The fourth-order valence-corrected chi connectivity index (χ4v) is 2.19. The second-order valence-corrected chi connectivity index (χ2v) is 4.62. The average Bonchev–Trinajstić information content (AvgIpc) is 2.30. The van der Waals surface area contributed by atoms with Gasteiger partial charge in [0.1, 0.15) is 5.82 Å². The van der Waals surface area contributed by atoms with Crippen LogP contribution < -0.4 is 11.1 Å². The van der Waals surface area contributed by atoms with Crippen molar-refractivity contribution >= 4 is 24.8 Å². The predicted molar refractivity (Wildman–Crippen MR) is 78.0 cm³/mol. The van der Waals surface area contributed by atoms with Gasteiger partial charge in [-0.3, -0.25) is 0 Å². The number of rotatable bonds is 3. The summed E-state index contributed by atoms with van der Waals surface area (Å²) in [5.41, 5.74) is 6.99. The lowest BCUT2D eigenvalue weighted by Crippen LogP contribution is -2.37. The summed E-state index contributed by atoms with van der Waals surface area (Å²) in [7, 11) is 0. The lowest BCUT2D eigenvalue weighted by atomic mass is 9.92. The van der Waals surface area contributed by atoms with Crippen LogP contribution in [0.15, 0.2) is 24.3 Å². The molecule has 0 aromatic heterocycles. The second-order valence-electron chi connectivity index (χ2n) is 4.62. The minimum Gasteiger partial charge on any atom is -0.328 e. The molecule has 0 spiro atoms. The van der Waals surface area contributed by atoms with E-state index in [4.69, 9.17) is 5.73 Å². The number of halogens is 3. The van der Waals surface area contributed by atoms with Gasteiger partial charge in [-0.15, -0.1) is 24.8 Å². The smallest absolute Gasteiger partial charge is 0.123 e. The molecular formula is C13H21Cl2FN2. The predicted octanol–water partition coefficient (Wildman–Crippen LogP) is 3.03. The highest BCUT2D eigenvalue weighted by atomic mass is 35.5. The largest absolute Gasteiger partial charge is 0.328 e. The van der Waals surface area contributed by atoms with Gasteiger partial charge in [-0.05, 0) is 43.4 Å². The van der Waals surface area contributed by atoms with E-state index in [1.54, 1.807) is 0 Å². The highest BCUT2D eigenvalue weighted by Gasteiger charge is 2.17. The van der Waals surface area contributed by atoms with Crippen molar-refractivity contribution in [2.75, 3.05) is 0 Å². The number of hydrogen-bond donors (Lipinski definition) is 2. The number of hydrogen-bond acceptors (Lipinski definition) is 2. The van der Waals surface area contributed by atoms with Crippen LogP contribution in [0.3, 0.4) is 0 Å². The first-order valence-electron chi connectivity index (χ1n) is 5.97. The maximum atomic E-state index is 12.7. The van der Waals surface area contributed by atoms with E-state index in [2.05, 4.69) is 5.32 Å². The van der Waals surface area contributed by atoms with Gasteiger partial charge in [-0.2, -0.15) is 0 Å². The van der Waals surface area contributed by atoms with Crippen LogP contribution in [0.5, 0.6) is 0 Å². The normalized spacial score (nSPS) is 22.8. The summed E-state index contributed by atoms with van der Waals surface area (Å²) >= 11 is 0. The summed E-state index contributed by atoms with van der Waals surface area (Å²) in [6.45, 7) is 0.820. The number of benzene rings is 1. The first-order valence-corrected chi connectivity index (χ1v) is 5.97. The zero-order chi connectivity index (χ0) is 11.4. The van der Waals surface area contributed by atoms with Gasteiger partial charge < -0.3 is 11.1 Å². The standard InChI is InChI=1S/C13H19FN2.2ClH/c14-11-3-1-10(2-4-11)9-16-13-7-5-12(15)6-8-13;;/h1-4,12-13,16H,5-9,15H2;2*1H. The molecule has 0 atom stereocenters. The molecule has 1 aliphatic carbocycles. The van der Waals surface area contributed by atoms with Crippen LogP contribution in [0, 0.1) is 5.82 Å². The molecule has 1 aliphatic rings. The Morgan fingerprint density at radius 2 is 1.61 bits per heavy atom. The fraction of sp³-hybridized carbons (Fsp3) is 0.538. The van der Waals surface area contributed by atoms with E-state index in [0.717, 1.165) is 37.8 Å². The molecule has 0 bridgehead atoms. The molecule has 0 aliphatic heterocycles. The third-order valence-corrected chi connectivity index (χ3v) is 3.28. The molecule has 104 valence electrons. The molecule has 5 heteroatoms. The lowest BCUT2D eigenvalue weighted by molar-refractivity contribution is 0.342. The molecule has 0 unspecified atom stereocenters. The van der Waals surface area contributed by atoms with Crippen molar-refractivity contribution < 1.29 is 4.39 Å². The molecule has 2 rings (SSSR count). The van der Waals surface area contributed by atoms with Crippen molar-refractivity contribution in [2.45, 2.75) is 44.3 Å². The van der Waals surface area contributed by atoms with E-state index in [0.29, 0.717) is 12.1 Å². The van der Waals surface area contributed by atoms with Crippen molar-refractivity contribution in [3.05, 3.63) is 35.6 Å². The molecule has 0 heterocycles. The molecule has 0 amide bonds. The maximum absolute atomic E-state index is 12.7. The summed E-state index contributed by atoms with van der Waals surface area (Å²) in [6.07, 6.45) is 4.53. The minimum absolute atomic E-state index is 0. The Morgan fingerprint density at radius 3 is 2.17 bits per heavy atom. The Morgan fingerprint density at radius 1 is 1.06 bits per heavy atom. The molecule has 1 aromatic carbocycles. The van der Waals surface area contributed by atoms with E-state index in [1.807, 2.05) is 12.1 Å². The highest BCUT2D eigenvalue weighted by molar-refractivity contribution is 5.85. The van der Waals surface area contributed by atoms with Gasteiger partial charge in [0.25, 0.3) is 0 Å². The molecule has 0 radical (unpaired) electrons. The van der Waals surface area contributed by atoms with Crippen LogP contribution in [0.25, 0.3) is 0 Å². The van der Waals surface area contributed by atoms with Gasteiger partial charge in [0.2, 0.25) is 0 Å². The summed E-state index contributed by atoms with van der Waals surface area (Å²) in [6, 6.07) is 7.64. The minimum atomic E-state index is -0.174. The first kappa shape index (κ1) is 17.6. The quantitative estimate of drug-likeness (QED) is 0.899. The molecule has 2 nitrogen and oxygen atoms in total. The first-order chi connectivity index (χ1) is 7.74. The van der Waals surface area contributed by atoms with Crippen molar-refractivity contribution in [3.8, 4) is 0 Å². The van der Waals surface area contributed by atoms with Crippen molar-refractivity contribution in [1.29, 1.82) is 0 Å². The summed E-state index contributed by atoms with van der Waals surface area (Å²) in [4.78, 5) is 0. The monoisotopic (exact) mass is 294 g/mol. The molecule has 1 aromatic rings. The lowest BCUT2D eigenvalue weighted by Gasteiger charge is -2.26. The van der Waals surface area contributed by atoms with Crippen molar-refractivity contribution in [1.82, 2.24) is 5.32 Å². The molecular weight excluding hydrogens is 274 g/mol. The SMILES string of the molecule is Cl.Cl.NC1CCC(NCc2ccc(F)cc2)CC1. The van der Waals surface area contributed by atoms with Crippen molar-refractivity contribution in [2.24, 2.45) is 5.73 Å². The van der Waals surface area contributed by atoms with Crippen LogP contribution in [0.4, 0.5) is 4.39 Å². The third-order valence-electron chi connectivity index (χ3n) is 3.28. The second kappa shape index (κ2) is 8.70. The Kier molecular flexibility index (Phi) is 8.53. The van der Waals surface area contributed by atoms with Crippen LogP contribution >= 0.6 is 24.8 Å². The van der Waals surface area contributed by atoms with Crippen LogP contribution in [-0.2, 0) is 6.54 Å². The van der Waals surface area contributed by atoms with Gasteiger partial charge in [-0.1, -0.05) is 12.1 Å². The number of nitrogens with one attached hydrogen (secondary N) is 1. The highest BCUT2D eigenvalue weighted by Crippen LogP contribution is 2.17. The summed E-state index contributed by atoms with van der Waals surface area (Å²) < 4.78 is 12.7. The van der Waals surface area contributed by atoms with Crippen LogP contribution in [-0.4, -0.2) is 12.1 Å². The maximum Gasteiger partial charge on any atom is 0.123 e. The van der Waals surface area contributed by atoms with Gasteiger partial charge in [0, 0.05) is 18.6 Å². The molecule has 0 saturated heterocycles. The van der Waals surface area contributed by atoms with E-state index in [9.17, 15) is 4.39 Å². The van der Waals surface area contributed by atoms with Crippen molar-refractivity contribution in [3.63, 3.8) is 0 Å². The zero-order valence-corrected chi connectivity index (χ0v) is 11.9. The van der Waals surface area contributed by atoms with Gasteiger partial charge >= 0.3 is 0 Å². The topological polar surface area (TPSA) is 38.0 Å². The summed E-state index contributed by atoms with van der Waals surface area (Å²) in [5, 5.41) is 3.50. The molecule has 1 fully saturated rings. The number of nitrogens with two attached hydrogens (primary N) is 1. The van der Waals surface area contributed by atoms with Gasteiger partial charge in [0.05, 0.1) is 0 Å². The Bertz CT molecular complexity index is 324. The Balaban J connectivity index is 0.00000144. The van der Waals surface area contributed by atoms with E-state index < -0.39 is 0 Å². The van der Waals surface area contributed by atoms with E-state index >= 15 is 0 Å². The van der Waals surface area contributed by atoms with E-state index in [-0.39, 0.29) is 30.6 Å². The fourth-order valence-electron chi connectivity index (χ4n) is 2.19. The Hall–Kier alpha value is -0.350. The molecule has 18 heavy (non-hydrogen) atoms. The van der Waals surface area contributed by atoms with Crippen LogP contribution in [0.1, 0.15) is 31.2 Å². The van der Waals surface area contributed by atoms with Gasteiger partial charge in [0.15, 0.2) is 0 Å². The third kappa shape index (κ3) is 5.53. The average molecular weight is 295 g/mol. The summed E-state index contributed by atoms with van der Waals surface area (Å²) in [5.74, 6) is -0.174. The van der Waals surface area contributed by atoms with E-state index in [1.165, 1.54) is 12.1 Å². The van der Waals surface area contributed by atoms with Gasteiger partial charge in [-0.25, -0.2) is 4.39 Å². The molecule has 1 saturated carbocycles. The zero-order valence-electron chi connectivity index (χ0n) is 10.3. The van der Waals surface area contributed by atoms with Crippen LogP contribution in [0.2, 0.25) is 0 Å². The molecule has 3 N–H and O–H groups in total.